The normalized spacial score (nSPS) is 23.1. The van der Waals surface area contributed by atoms with Crippen LogP contribution in [0.25, 0.3) is 0 Å². The number of carbonyl (C=O) groups is 2. The van der Waals surface area contributed by atoms with Gasteiger partial charge >= 0.3 is 6.09 Å². The lowest BCUT2D eigenvalue weighted by Crippen LogP contribution is -2.39. The summed E-state index contributed by atoms with van der Waals surface area (Å²) >= 11 is 0. The van der Waals surface area contributed by atoms with Crippen LogP contribution in [0.2, 0.25) is 0 Å². The lowest BCUT2D eigenvalue weighted by Gasteiger charge is -2.42. The molecule has 2 amide bonds. The van der Waals surface area contributed by atoms with Crippen molar-refractivity contribution in [2.24, 2.45) is 0 Å². The minimum absolute atomic E-state index is 0.0189. The summed E-state index contributed by atoms with van der Waals surface area (Å²) in [5, 5.41) is 2.53. The maximum absolute atomic E-state index is 14.6. The molecule has 2 fully saturated rings. The molecular weight excluding hydrogens is 384 g/mol. The third-order valence-electron chi connectivity index (χ3n) is 4.46. The summed E-state index contributed by atoms with van der Waals surface area (Å²) < 4.78 is 53.5. The van der Waals surface area contributed by atoms with E-state index in [-0.39, 0.29) is 55.0 Å². The Bertz CT molecular complexity index is 731. The Balaban J connectivity index is 1.75. The van der Waals surface area contributed by atoms with Gasteiger partial charge in [0.05, 0.1) is 30.3 Å². The van der Waals surface area contributed by atoms with E-state index in [2.05, 4.69) is 5.32 Å². The molecule has 27 heavy (non-hydrogen) atoms. The van der Waals surface area contributed by atoms with Gasteiger partial charge in [0, 0.05) is 32.1 Å². The third kappa shape index (κ3) is 4.42. The van der Waals surface area contributed by atoms with Crippen molar-refractivity contribution in [1.82, 2.24) is 5.32 Å². The highest BCUT2D eigenvalue weighted by Gasteiger charge is 2.34. The second-order valence-corrected chi connectivity index (χ2v) is 8.93. The molecule has 3 rings (SSSR count). The van der Waals surface area contributed by atoms with Crippen molar-refractivity contribution in [2.45, 2.75) is 13.0 Å². The van der Waals surface area contributed by atoms with Crippen LogP contribution in [-0.2, 0) is 9.53 Å². The smallest absolute Gasteiger partial charge is 0.414 e. The molecule has 2 saturated heterocycles. The van der Waals surface area contributed by atoms with Gasteiger partial charge in [0.15, 0.2) is 11.6 Å². The molecule has 1 unspecified atom stereocenters. The summed E-state index contributed by atoms with van der Waals surface area (Å²) in [5.41, 5.74) is -0.235. The van der Waals surface area contributed by atoms with Crippen LogP contribution in [0.1, 0.15) is 6.92 Å². The first-order valence-corrected chi connectivity index (χ1v) is 10.2. The molecule has 0 spiro atoms. The molecule has 150 valence electrons. The second-order valence-electron chi connectivity index (χ2n) is 6.51. The number of anilines is 2. The van der Waals surface area contributed by atoms with Crippen LogP contribution < -0.4 is 15.1 Å². The van der Waals surface area contributed by atoms with Gasteiger partial charge < -0.3 is 15.0 Å². The largest absolute Gasteiger partial charge is 0.442 e. The molecule has 2 aliphatic heterocycles. The van der Waals surface area contributed by atoms with Gasteiger partial charge in [-0.3, -0.25) is 18.8 Å². The first-order valence-electron chi connectivity index (χ1n) is 8.36. The van der Waals surface area contributed by atoms with Gasteiger partial charge in [0.25, 0.3) is 0 Å². The molecule has 3 N–H and O–H groups in total. The Morgan fingerprint density at radius 2 is 1.89 bits per heavy atom. The fourth-order valence-electron chi connectivity index (χ4n) is 3.06. The minimum Gasteiger partial charge on any atom is -0.442 e. The summed E-state index contributed by atoms with van der Waals surface area (Å²) in [7, 11) is -2.68. The summed E-state index contributed by atoms with van der Waals surface area (Å²) in [6, 6.07) is 2.10. The van der Waals surface area contributed by atoms with E-state index in [0.717, 1.165) is 17.0 Å². The van der Waals surface area contributed by atoms with Crippen molar-refractivity contribution in [3.8, 4) is 0 Å². The quantitative estimate of drug-likeness (QED) is 0.708. The number of rotatable bonds is 4. The number of hydrogen-bond acceptors (Lipinski definition) is 6. The van der Waals surface area contributed by atoms with E-state index in [9.17, 15) is 27.5 Å². The van der Waals surface area contributed by atoms with Gasteiger partial charge in [-0.25, -0.2) is 13.6 Å². The topological polar surface area (TPSA) is 102 Å². The van der Waals surface area contributed by atoms with Crippen LogP contribution >= 0.6 is 10.6 Å². The number of halogens is 2. The molecule has 1 aromatic rings. The molecule has 0 aliphatic carbocycles. The van der Waals surface area contributed by atoms with Crippen LogP contribution in [0, 0.1) is 11.6 Å². The van der Waals surface area contributed by atoms with Crippen molar-refractivity contribution in [1.29, 1.82) is 0 Å². The molecule has 0 radical (unpaired) electrons. The molecule has 1 atom stereocenters. The Morgan fingerprint density at radius 1 is 1.30 bits per heavy atom. The molecule has 8 nitrogen and oxygen atoms in total. The van der Waals surface area contributed by atoms with Crippen molar-refractivity contribution in [3.63, 3.8) is 0 Å². The second kappa shape index (κ2) is 7.49. The lowest BCUT2D eigenvalue weighted by atomic mass is 10.2. The van der Waals surface area contributed by atoms with Crippen molar-refractivity contribution < 1.29 is 32.2 Å². The molecule has 0 saturated carbocycles. The average molecular weight is 405 g/mol. The number of carbonyl (C=O) groups excluding carboxylic acids is 2. The van der Waals surface area contributed by atoms with E-state index in [4.69, 9.17) is 4.74 Å². The van der Waals surface area contributed by atoms with E-state index < -0.39 is 34.4 Å². The fraction of sp³-hybridized carbons (Fsp3) is 0.500. The van der Waals surface area contributed by atoms with Gasteiger partial charge in [-0.1, -0.05) is 0 Å². The van der Waals surface area contributed by atoms with Crippen LogP contribution in [0.4, 0.5) is 25.0 Å². The highest BCUT2D eigenvalue weighted by molar-refractivity contribution is 8.24. The molecule has 0 aromatic heterocycles. The number of benzene rings is 1. The zero-order valence-electron chi connectivity index (χ0n) is 14.7. The number of cyclic esters (lactones) is 1. The zero-order chi connectivity index (χ0) is 19.8. The predicted molar refractivity (Wildman–Crippen MR) is 97.5 cm³/mol. The van der Waals surface area contributed by atoms with Crippen LogP contribution in [0.15, 0.2) is 12.1 Å². The van der Waals surface area contributed by atoms with Gasteiger partial charge in [-0.2, -0.15) is 10.6 Å². The third-order valence-corrected chi connectivity index (χ3v) is 6.13. The molecular formula is C16H21F2N3O5S. The van der Waals surface area contributed by atoms with Crippen molar-refractivity contribution in [3.05, 3.63) is 23.8 Å². The molecule has 2 aliphatic rings. The summed E-state index contributed by atoms with van der Waals surface area (Å²) in [5.74, 6) is -1.86. The molecule has 11 heteroatoms. The van der Waals surface area contributed by atoms with Gasteiger partial charge in [-0.05, 0) is 0 Å². The van der Waals surface area contributed by atoms with Gasteiger partial charge in [0.1, 0.15) is 11.8 Å². The SMILES string of the molecule is CC(=O)NCC1CN(c2cc(F)c(N3CCS(O)(O)CC3)c(F)c2)C(=O)O1. The van der Waals surface area contributed by atoms with Crippen LogP contribution in [0.3, 0.4) is 0 Å². The van der Waals surface area contributed by atoms with Gasteiger partial charge in [-0.15, -0.1) is 0 Å². The minimum atomic E-state index is -2.68. The zero-order valence-corrected chi connectivity index (χ0v) is 15.5. The average Bonchev–Trinajstić information content (AvgIpc) is 2.94. The number of hydrogen-bond donors (Lipinski definition) is 3. The first-order chi connectivity index (χ1) is 12.7. The number of ether oxygens (including phenoxy) is 1. The van der Waals surface area contributed by atoms with E-state index in [1.165, 1.54) is 11.8 Å². The molecule has 0 bridgehead atoms. The van der Waals surface area contributed by atoms with E-state index >= 15 is 0 Å². The summed E-state index contributed by atoms with van der Waals surface area (Å²) in [6.45, 7) is 1.75. The van der Waals surface area contributed by atoms with E-state index in [1.54, 1.807) is 0 Å². The maximum Gasteiger partial charge on any atom is 0.414 e. The molecule has 2 heterocycles. The van der Waals surface area contributed by atoms with Crippen LogP contribution in [0.5, 0.6) is 0 Å². The van der Waals surface area contributed by atoms with Crippen LogP contribution in [-0.4, -0.2) is 64.9 Å². The monoisotopic (exact) mass is 405 g/mol. The summed E-state index contributed by atoms with van der Waals surface area (Å²) in [4.78, 5) is 25.5. The number of nitrogens with zero attached hydrogens (tertiary/aromatic N) is 2. The predicted octanol–water partition coefficient (Wildman–Crippen LogP) is 2.00. The summed E-state index contributed by atoms with van der Waals surface area (Å²) in [6.07, 6.45) is -1.36. The van der Waals surface area contributed by atoms with Crippen molar-refractivity contribution >= 4 is 34.0 Å². The number of amides is 2. The highest BCUT2D eigenvalue weighted by atomic mass is 32.3. The maximum atomic E-state index is 14.6. The van der Waals surface area contributed by atoms with E-state index in [1.807, 2.05) is 0 Å². The van der Waals surface area contributed by atoms with E-state index in [0.29, 0.717) is 0 Å². The highest BCUT2D eigenvalue weighted by Crippen LogP contribution is 2.42. The Morgan fingerprint density at radius 3 is 2.44 bits per heavy atom. The number of nitrogens with one attached hydrogen (secondary N) is 1. The lowest BCUT2D eigenvalue weighted by molar-refractivity contribution is -0.119. The van der Waals surface area contributed by atoms with Crippen molar-refractivity contribution in [2.75, 3.05) is 47.5 Å². The fourth-order valence-corrected chi connectivity index (χ4v) is 4.29. The Hall–Kier alpha value is -2.11. The first kappa shape index (κ1) is 19.6. The standard InChI is InChI=1S/C16H21F2N3O5S/c1-10(22)19-8-12-9-21(16(23)26-12)11-6-13(17)15(14(18)7-11)20-2-4-27(24,25)5-3-20/h6-7,12,24-25H,2-5,8-9H2,1H3,(H,19,22). The molecule has 1 aromatic carbocycles. The Labute approximate surface area is 156 Å². The Kier molecular flexibility index (Phi) is 5.45. The van der Waals surface area contributed by atoms with Gasteiger partial charge in [0.2, 0.25) is 5.91 Å².